The van der Waals surface area contributed by atoms with E-state index in [0.717, 1.165) is 34.6 Å². The van der Waals surface area contributed by atoms with E-state index in [0.29, 0.717) is 5.56 Å². The molecule has 0 heterocycles. The van der Waals surface area contributed by atoms with Gasteiger partial charge in [-0.05, 0) is 88.9 Å². The molecule has 3 N–H and O–H groups in total. The summed E-state index contributed by atoms with van der Waals surface area (Å²) >= 11 is 0. The smallest absolute Gasteiger partial charge is 0.251 e. The monoisotopic (exact) mass is 421 g/mol. The Morgan fingerprint density at radius 2 is 1.58 bits per heavy atom. The van der Waals surface area contributed by atoms with Crippen molar-refractivity contribution in [2.75, 3.05) is 5.73 Å². The molecule has 2 aromatic rings. The molecular formula is C27H39N3O. The molecule has 0 unspecified atom stereocenters. The number of rotatable bonds is 5. The van der Waals surface area contributed by atoms with Crippen LogP contribution in [0.3, 0.4) is 0 Å². The van der Waals surface area contributed by atoms with Gasteiger partial charge in [0.2, 0.25) is 0 Å². The van der Waals surface area contributed by atoms with E-state index >= 15 is 0 Å². The number of nitrogen functional groups attached to an aromatic ring is 1. The standard InChI is InChI=1S/C25H33N3O.C2H6/c1-8-23(19-9-11-20(12-10-19)24(29)28-25(5,6)7)27-18(4)15-21-13-17(3)22(26)14-16(21)2;1-2/h8-14H,15,26H2,1-7H3,(H,28,29);1-2H3/b23-8-,27-18?;. The Morgan fingerprint density at radius 1 is 1.03 bits per heavy atom. The molecule has 0 aliphatic carbocycles. The van der Waals surface area contributed by atoms with Crippen molar-refractivity contribution in [2.45, 2.75) is 74.3 Å². The van der Waals surface area contributed by atoms with Gasteiger partial charge in [0.15, 0.2) is 0 Å². The molecule has 4 nitrogen and oxygen atoms in total. The van der Waals surface area contributed by atoms with E-state index in [-0.39, 0.29) is 11.4 Å². The number of hydrogen-bond acceptors (Lipinski definition) is 3. The molecule has 0 saturated carbocycles. The van der Waals surface area contributed by atoms with Gasteiger partial charge in [-0.25, -0.2) is 0 Å². The number of carbonyl (C=O) groups excluding carboxylic acids is 1. The lowest BCUT2D eigenvalue weighted by atomic mass is 9.99. The van der Waals surface area contributed by atoms with E-state index < -0.39 is 0 Å². The molecule has 0 spiro atoms. The summed E-state index contributed by atoms with van der Waals surface area (Å²) in [5.74, 6) is -0.0695. The predicted octanol–water partition coefficient (Wildman–Crippen LogP) is 6.50. The maximum absolute atomic E-state index is 12.3. The van der Waals surface area contributed by atoms with Gasteiger partial charge in [0.1, 0.15) is 0 Å². The summed E-state index contributed by atoms with van der Waals surface area (Å²) in [4.78, 5) is 17.1. The minimum Gasteiger partial charge on any atom is -0.399 e. The van der Waals surface area contributed by atoms with E-state index in [1.54, 1.807) is 0 Å². The first-order valence-corrected chi connectivity index (χ1v) is 11.0. The molecule has 0 saturated heterocycles. The Balaban J connectivity index is 0.00000233. The third-order valence-corrected chi connectivity index (χ3v) is 4.69. The number of aryl methyl sites for hydroxylation is 2. The van der Waals surface area contributed by atoms with Gasteiger partial charge < -0.3 is 11.1 Å². The maximum atomic E-state index is 12.3. The number of anilines is 1. The minimum absolute atomic E-state index is 0.0695. The highest BCUT2D eigenvalue weighted by Gasteiger charge is 2.15. The van der Waals surface area contributed by atoms with E-state index in [9.17, 15) is 4.79 Å². The second-order valence-corrected chi connectivity index (χ2v) is 8.61. The third kappa shape index (κ3) is 8.05. The maximum Gasteiger partial charge on any atom is 0.251 e. The highest BCUT2D eigenvalue weighted by molar-refractivity contribution is 5.95. The molecule has 4 heteroatoms. The summed E-state index contributed by atoms with van der Waals surface area (Å²) in [6, 6.07) is 11.7. The van der Waals surface area contributed by atoms with Gasteiger partial charge in [-0.15, -0.1) is 0 Å². The molecule has 1 amide bonds. The number of aliphatic imine (C=N–C) groups is 1. The molecule has 0 aliphatic heterocycles. The number of allylic oxidation sites excluding steroid dienone is 1. The lowest BCUT2D eigenvalue weighted by Gasteiger charge is -2.20. The lowest BCUT2D eigenvalue weighted by molar-refractivity contribution is 0.0919. The molecule has 0 fully saturated rings. The Bertz CT molecular complexity index is 946. The Kier molecular flexibility index (Phi) is 9.70. The van der Waals surface area contributed by atoms with Crippen molar-refractivity contribution >= 4 is 23.0 Å². The number of carbonyl (C=O) groups is 1. The Hall–Kier alpha value is -2.88. The fraction of sp³-hybridized carbons (Fsp3) is 0.407. The van der Waals surface area contributed by atoms with Gasteiger partial charge in [0.05, 0.1) is 5.70 Å². The summed E-state index contributed by atoms with van der Waals surface area (Å²) in [7, 11) is 0. The van der Waals surface area contributed by atoms with Gasteiger partial charge >= 0.3 is 0 Å². The summed E-state index contributed by atoms with van der Waals surface area (Å²) < 4.78 is 0. The number of amides is 1. The highest BCUT2D eigenvalue weighted by atomic mass is 16.1. The average Bonchev–Trinajstić information content (AvgIpc) is 2.70. The fourth-order valence-electron chi connectivity index (χ4n) is 3.11. The van der Waals surface area contributed by atoms with E-state index in [2.05, 4.69) is 18.3 Å². The molecule has 0 aromatic heterocycles. The molecule has 0 atom stereocenters. The molecule has 31 heavy (non-hydrogen) atoms. The van der Waals surface area contributed by atoms with Crippen LogP contribution in [-0.2, 0) is 6.42 Å². The second-order valence-electron chi connectivity index (χ2n) is 8.61. The summed E-state index contributed by atoms with van der Waals surface area (Å²) in [6.07, 6.45) is 2.77. The van der Waals surface area contributed by atoms with Crippen LogP contribution in [0.1, 0.15) is 81.1 Å². The first-order valence-electron chi connectivity index (χ1n) is 11.0. The largest absolute Gasteiger partial charge is 0.399 e. The van der Waals surface area contributed by atoms with Crippen molar-refractivity contribution < 1.29 is 4.79 Å². The summed E-state index contributed by atoms with van der Waals surface area (Å²) in [5.41, 5.74) is 13.6. The van der Waals surface area contributed by atoms with E-state index in [1.165, 1.54) is 11.1 Å². The molecule has 2 rings (SSSR count). The van der Waals surface area contributed by atoms with Crippen molar-refractivity contribution in [1.29, 1.82) is 0 Å². The molecule has 0 radical (unpaired) electrons. The number of nitrogens with zero attached hydrogens (tertiary/aromatic N) is 1. The number of nitrogens with one attached hydrogen (secondary N) is 1. The molecule has 168 valence electrons. The van der Waals surface area contributed by atoms with Crippen LogP contribution in [-0.4, -0.2) is 17.2 Å². The number of hydrogen-bond donors (Lipinski definition) is 2. The normalized spacial score (nSPS) is 12.2. The average molecular weight is 422 g/mol. The van der Waals surface area contributed by atoms with Crippen molar-refractivity contribution in [3.8, 4) is 0 Å². The molecule has 2 aromatic carbocycles. The molecule has 0 bridgehead atoms. The van der Waals surface area contributed by atoms with E-state index in [1.807, 2.05) is 91.8 Å². The van der Waals surface area contributed by atoms with Gasteiger partial charge in [-0.2, -0.15) is 0 Å². The van der Waals surface area contributed by atoms with Crippen molar-refractivity contribution in [3.05, 3.63) is 70.3 Å². The van der Waals surface area contributed by atoms with Crippen LogP contribution in [0.5, 0.6) is 0 Å². The van der Waals surface area contributed by atoms with Crippen LogP contribution in [0.25, 0.3) is 5.70 Å². The zero-order chi connectivity index (χ0) is 23.8. The van der Waals surface area contributed by atoms with Gasteiger partial charge in [0, 0.05) is 28.9 Å². The van der Waals surface area contributed by atoms with Gasteiger partial charge in [0.25, 0.3) is 5.91 Å². The first-order chi connectivity index (χ1) is 14.5. The SMILES string of the molecule is C/C=C(\N=C(C)Cc1cc(C)c(N)cc1C)c1ccc(C(=O)NC(C)(C)C)cc1.CC. The number of nitrogens with two attached hydrogens (primary N) is 1. The van der Waals surface area contributed by atoms with Crippen LogP contribution in [0.15, 0.2) is 47.5 Å². The quantitative estimate of drug-likeness (QED) is 0.427. The first kappa shape index (κ1) is 26.2. The highest BCUT2D eigenvalue weighted by Crippen LogP contribution is 2.21. The van der Waals surface area contributed by atoms with Crippen LogP contribution in [0, 0.1) is 13.8 Å². The Morgan fingerprint density at radius 3 is 2.10 bits per heavy atom. The van der Waals surface area contributed by atoms with Gasteiger partial charge in [-0.3, -0.25) is 9.79 Å². The van der Waals surface area contributed by atoms with Crippen LogP contribution in [0.2, 0.25) is 0 Å². The van der Waals surface area contributed by atoms with Crippen LogP contribution >= 0.6 is 0 Å². The number of benzene rings is 2. The molecule has 0 aliphatic rings. The van der Waals surface area contributed by atoms with Crippen molar-refractivity contribution in [2.24, 2.45) is 4.99 Å². The predicted molar refractivity (Wildman–Crippen MR) is 136 cm³/mol. The third-order valence-electron chi connectivity index (χ3n) is 4.69. The minimum atomic E-state index is -0.260. The summed E-state index contributed by atoms with van der Waals surface area (Å²) in [6.45, 7) is 18.0. The zero-order valence-electron chi connectivity index (χ0n) is 20.7. The van der Waals surface area contributed by atoms with Crippen molar-refractivity contribution in [3.63, 3.8) is 0 Å². The zero-order valence-corrected chi connectivity index (χ0v) is 20.7. The Labute approximate surface area is 188 Å². The van der Waals surface area contributed by atoms with E-state index in [4.69, 9.17) is 10.7 Å². The van der Waals surface area contributed by atoms with Crippen molar-refractivity contribution in [1.82, 2.24) is 5.32 Å². The topological polar surface area (TPSA) is 67.5 Å². The lowest BCUT2D eigenvalue weighted by Crippen LogP contribution is -2.40. The molecular weight excluding hydrogens is 382 g/mol. The summed E-state index contributed by atoms with van der Waals surface area (Å²) in [5, 5.41) is 2.98. The van der Waals surface area contributed by atoms with Gasteiger partial charge in [-0.1, -0.05) is 38.1 Å². The fourth-order valence-corrected chi connectivity index (χ4v) is 3.11. The van der Waals surface area contributed by atoms with Crippen LogP contribution in [0.4, 0.5) is 5.69 Å². The second kappa shape index (κ2) is 11.5. The van der Waals surface area contributed by atoms with Crippen LogP contribution < -0.4 is 11.1 Å².